The molecule has 1 aromatic carbocycles. The van der Waals surface area contributed by atoms with Crippen LogP contribution < -0.4 is 10.1 Å². The van der Waals surface area contributed by atoms with Gasteiger partial charge in [-0.05, 0) is 37.5 Å². The van der Waals surface area contributed by atoms with E-state index in [1.54, 1.807) is 13.8 Å². The van der Waals surface area contributed by atoms with Crippen molar-refractivity contribution in [3.8, 4) is 5.75 Å². The Morgan fingerprint density at radius 1 is 1.14 bits per heavy atom. The van der Waals surface area contributed by atoms with Crippen LogP contribution in [-0.4, -0.2) is 29.6 Å². The summed E-state index contributed by atoms with van der Waals surface area (Å²) in [6, 6.07) is 7.14. The van der Waals surface area contributed by atoms with Crippen LogP contribution in [0.5, 0.6) is 5.75 Å². The molecule has 0 radical (unpaired) electrons. The first kappa shape index (κ1) is 17.0. The third-order valence-electron chi connectivity index (χ3n) is 3.44. The first-order valence-corrected chi connectivity index (χ1v) is 7.06. The minimum absolute atomic E-state index is 0.127. The summed E-state index contributed by atoms with van der Waals surface area (Å²) in [4.78, 5) is 22.5. The van der Waals surface area contributed by atoms with Gasteiger partial charge in [0.1, 0.15) is 5.75 Å². The lowest BCUT2D eigenvalue weighted by Gasteiger charge is -2.17. The van der Waals surface area contributed by atoms with Gasteiger partial charge in [-0.3, -0.25) is 9.59 Å². The van der Waals surface area contributed by atoms with Crippen LogP contribution in [0.3, 0.4) is 0 Å². The van der Waals surface area contributed by atoms with Crippen LogP contribution in [-0.2, 0) is 9.59 Å². The third kappa shape index (κ3) is 5.45. The van der Waals surface area contributed by atoms with E-state index in [1.807, 2.05) is 24.3 Å². The number of aliphatic carboxylic acids is 1. The maximum atomic E-state index is 11.7. The second-order valence-electron chi connectivity index (χ2n) is 5.50. The maximum absolute atomic E-state index is 11.7. The van der Waals surface area contributed by atoms with Gasteiger partial charge in [0.05, 0.1) is 5.92 Å². The van der Waals surface area contributed by atoms with Crippen molar-refractivity contribution in [3.05, 3.63) is 29.8 Å². The van der Waals surface area contributed by atoms with Crippen LogP contribution in [0, 0.1) is 5.92 Å². The molecule has 0 aliphatic carbocycles. The quantitative estimate of drug-likeness (QED) is 0.809. The lowest BCUT2D eigenvalue weighted by atomic mass is 10.0. The second kappa shape index (κ2) is 7.67. The van der Waals surface area contributed by atoms with E-state index in [9.17, 15) is 9.59 Å². The Kier molecular flexibility index (Phi) is 6.21. The summed E-state index contributed by atoms with van der Waals surface area (Å²) in [6.07, 6.45) is 0. The van der Waals surface area contributed by atoms with Gasteiger partial charge in [0.2, 0.25) is 0 Å². The number of carbonyl (C=O) groups excluding carboxylic acids is 1. The predicted octanol–water partition coefficient (Wildman–Crippen LogP) is 2.41. The van der Waals surface area contributed by atoms with Gasteiger partial charge in [-0.1, -0.05) is 26.0 Å². The molecule has 2 atom stereocenters. The number of nitrogens with one attached hydrogen (secondary N) is 1. The van der Waals surface area contributed by atoms with Crippen LogP contribution in [0.2, 0.25) is 0 Å². The zero-order chi connectivity index (χ0) is 16.0. The molecule has 0 spiro atoms. The van der Waals surface area contributed by atoms with Crippen molar-refractivity contribution in [1.82, 2.24) is 5.32 Å². The molecule has 0 fully saturated rings. The molecule has 5 nitrogen and oxygen atoms in total. The highest BCUT2D eigenvalue weighted by molar-refractivity contribution is 5.79. The topological polar surface area (TPSA) is 75.6 Å². The van der Waals surface area contributed by atoms with E-state index in [0.29, 0.717) is 11.7 Å². The molecule has 0 heterocycles. The number of carbonyl (C=O) groups is 2. The lowest BCUT2D eigenvalue weighted by molar-refractivity contribution is -0.142. The van der Waals surface area contributed by atoms with Crippen molar-refractivity contribution in [1.29, 1.82) is 0 Å². The number of hydrogen-bond acceptors (Lipinski definition) is 3. The van der Waals surface area contributed by atoms with Crippen molar-refractivity contribution >= 4 is 11.9 Å². The summed E-state index contributed by atoms with van der Waals surface area (Å²) in [5.74, 6) is -0.843. The van der Waals surface area contributed by atoms with Crippen molar-refractivity contribution in [2.24, 2.45) is 5.92 Å². The maximum Gasteiger partial charge on any atom is 0.308 e. The van der Waals surface area contributed by atoms with Gasteiger partial charge in [0, 0.05) is 6.04 Å². The minimum atomic E-state index is -0.937. The Morgan fingerprint density at radius 3 is 2.19 bits per heavy atom. The first-order chi connectivity index (χ1) is 9.81. The van der Waals surface area contributed by atoms with Crippen LogP contribution in [0.1, 0.15) is 39.2 Å². The van der Waals surface area contributed by atoms with Gasteiger partial charge in [-0.15, -0.1) is 0 Å². The summed E-state index contributed by atoms with van der Waals surface area (Å²) in [5.41, 5.74) is 1.20. The van der Waals surface area contributed by atoms with Crippen molar-refractivity contribution in [2.75, 3.05) is 6.61 Å². The molecule has 2 N–H and O–H groups in total. The Hall–Kier alpha value is -2.04. The number of rotatable bonds is 7. The molecule has 2 unspecified atom stereocenters. The van der Waals surface area contributed by atoms with E-state index >= 15 is 0 Å². The highest BCUT2D eigenvalue weighted by Crippen LogP contribution is 2.18. The van der Waals surface area contributed by atoms with E-state index in [1.165, 1.54) is 5.56 Å². The van der Waals surface area contributed by atoms with Crippen molar-refractivity contribution in [2.45, 2.75) is 39.7 Å². The summed E-state index contributed by atoms with van der Waals surface area (Å²) >= 11 is 0. The molecule has 1 rings (SSSR count). The molecule has 0 saturated carbocycles. The summed E-state index contributed by atoms with van der Waals surface area (Å²) in [6.45, 7) is 7.30. The van der Waals surface area contributed by atoms with E-state index in [4.69, 9.17) is 9.84 Å². The van der Waals surface area contributed by atoms with Crippen LogP contribution in [0.15, 0.2) is 24.3 Å². The van der Waals surface area contributed by atoms with Crippen molar-refractivity contribution in [3.63, 3.8) is 0 Å². The van der Waals surface area contributed by atoms with Crippen LogP contribution >= 0.6 is 0 Å². The van der Waals surface area contributed by atoms with Gasteiger partial charge in [-0.2, -0.15) is 0 Å². The molecule has 1 aromatic rings. The van der Waals surface area contributed by atoms with E-state index < -0.39 is 17.9 Å². The third-order valence-corrected chi connectivity index (χ3v) is 3.44. The molecule has 0 aromatic heterocycles. The van der Waals surface area contributed by atoms with Gasteiger partial charge in [0.25, 0.3) is 5.91 Å². The zero-order valence-electron chi connectivity index (χ0n) is 12.9. The predicted molar refractivity (Wildman–Crippen MR) is 80.4 cm³/mol. The molecule has 5 heteroatoms. The summed E-state index contributed by atoms with van der Waals surface area (Å²) in [5, 5.41) is 11.5. The SMILES string of the molecule is CC(C)c1ccc(OCC(=O)NC(C)C(C)C(=O)O)cc1. The van der Waals surface area contributed by atoms with Crippen LogP contribution in [0.25, 0.3) is 0 Å². The summed E-state index contributed by atoms with van der Waals surface area (Å²) < 4.78 is 5.38. The Morgan fingerprint density at radius 2 is 1.71 bits per heavy atom. The highest BCUT2D eigenvalue weighted by atomic mass is 16.5. The number of amides is 1. The largest absolute Gasteiger partial charge is 0.484 e. The Bertz CT molecular complexity index is 482. The average Bonchev–Trinajstić information content (AvgIpc) is 2.44. The monoisotopic (exact) mass is 293 g/mol. The number of carboxylic acids is 1. The smallest absolute Gasteiger partial charge is 0.308 e. The van der Waals surface area contributed by atoms with E-state index in [0.717, 1.165) is 0 Å². The molecule has 0 saturated heterocycles. The zero-order valence-corrected chi connectivity index (χ0v) is 12.9. The number of carboxylic acid groups (broad SMARTS) is 1. The molecule has 0 aliphatic rings. The molecular weight excluding hydrogens is 270 g/mol. The second-order valence-corrected chi connectivity index (χ2v) is 5.50. The average molecular weight is 293 g/mol. The fraction of sp³-hybridized carbons (Fsp3) is 0.500. The molecule has 0 aliphatic heterocycles. The van der Waals surface area contributed by atoms with Gasteiger partial charge >= 0.3 is 5.97 Å². The van der Waals surface area contributed by atoms with E-state index in [2.05, 4.69) is 19.2 Å². The highest BCUT2D eigenvalue weighted by Gasteiger charge is 2.20. The normalized spacial score (nSPS) is 13.6. The fourth-order valence-corrected chi connectivity index (χ4v) is 1.73. The number of hydrogen-bond donors (Lipinski definition) is 2. The van der Waals surface area contributed by atoms with Gasteiger partial charge < -0.3 is 15.2 Å². The van der Waals surface area contributed by atoms with E-state index in [-0.39, 0.29) is 12.5 Å². The lowest BCUT2D eigenvalue weighted by Crippen LogP contribution is -2.42. The van der Waals surface area contributed by atoms with Crippen LogP contribution in [0.4, 0.5) is 0 Å². The summed E-state index contributed by atoms with van der Waals surface area (Å²) in [7, 11) is 0. The van der Waals surface area contributed by atoms with Gasteiger partial charge in [-0.25, -0.2) is 0 Å². The molecular formula is C16H23NO4. The molecule has 116 valence electrons. The molecule has 21 heavy (non-hydrogen) atoms. The first-order valence-electron chi connectivity index (χ1n) is 7.06. The fourth-order valence-electron chi connectivity index (χ4n) is 1.73. The van der Waals surface area contributed by atoms with Crippen molar-refractivity contribution < 1.29 is 19.4 Å². The number of ether oxygens (including phenoxy) is 1. The van der Waals surface area contributed by atoms with Gasteiger partial charge in [0.15, 0.2) is 6.61 Å². The standard InChI is InChI=1S/C16H23NO4/c1-10(2)13-5-7-14(8-6-13)21-9-15(18)17-12(4)11(3)16(19)20/h5-8,10-12H,9H2,1-4H3,(H,17,18)(H,19,20). The molecule has 1 amide bonds. The minimum Gasteiger partial charge on any atom is -0.484 e. The Labute approximate surface area is 125 Å². The number of benzene rings is 1. The Balaban J connectivity index is 2.44. The molecule has 0 bridgehead atoms.